The Labute approximate surface area is 134 Å². The van der Waals surface area contributed by atoms with Crippen molar-refractivity contribution in [2.45, 2.75) is 82.8 Å². The minimum atomic E-state index is -0.671. The van der Waals surface area contributed by atoms with Crippen LogP contribution < -0.4 is 5.32 Å². The average Bonchev–Trinajstić information content (AvgIpc) is 3.26. The molecule has 3 fully saturated rings. The number of rotatable bonds is 8. The van der Waals surface area contributed by atoms with Crippen LogP contribution in [0.25, 0.3) is 0 Å². The number of aliphatic carboxylic acids is 1. The highest BCUT2D eigenvalue weighted by Crippen LogP contribution is 2.34. The minimum Gasteiger partial charge on any atom is -0.480 e. The van der Waals surface area contributed by atoms with Crippen molar-refractivity contribution in [3.8, 4) is 0 Å². The number of carboxylic acid groups (broad SMARTS) is 1. The molecule has 0 aliphatic heterocycles. The van der Waals surface area contributed by atoms with Crippen molar-refractivity contribution in [3.05, 3.63) is 0 Å². The van der Waals surface area contributed by atoms with Crippen LogP contribution in [0.5, 0.6) is 0 Å². The predicted octanol–water partition coefficient (Wildman–Crippen LogP) is 2.87. The number of nitrogens with one attached hydrogen (secondary N) is 1. The van der Waals surface area contributed by atoms with Gasteiger partial charge in [0.2, 0.25) is 0 Å². The Balaban J connectivity index is 1.37. The fourth-order valence-electron chi connectivity index (χ4n) is 4.24. The van der Waals surface area contributed by atoms with Gasteiger partial charge in [0.25, 0.3) is 0 Å². The van der Waals surface area contributed by atoms with Crippen LogP contribution in [0.15, 0.2) is 0 Å². The van der Waals surface area contributed by atoms with E-state index in [1.807, 2.05) is 0 Å². The topological polar surface area (TPSA) is 52.6 Å². The van der Waals surface area contributed by atoms with Crippen LogP contribution in [-0.4, -0.2) is 47.2 Å². The minimum absolute atomic E-state index is 0.232. The molecule has 0 saturated heterocycles. The number of hydrogen-bond acceptors (Lipinski definition) is 3. The highest BCUT2D eigenvalue weighted by molar-refractivity contribution is 5.69. The molecule has 126 valence electrons. The maximum atomic E-state index is 11.1. The van der Waals surface area contributed by atoms with Gasteiger partial charge in [-0.3, -0.25) is 9.69 Å². The maximum Gasteiger partial charge on any atom is 0.317 e. The van der Waals surface area contributed by atoms with Crippen LogP contribution in [0.2, 0.25) is 0 Å². The van der Waals surface area contributed by atoms with Gasteiger partial charge in [0.15, 0.2) is 0 Å². The highest BCUT2D eigenvalue weighted by Gasteiger charge is 2.38. The predicted molar refractivity (Wildman–Crippen MR) is 87.9 cm³/mol. The molecule has 0 aromatic rings. The monoisotopic (exact) mass is 308 g/mol. The van der Waals surface area contributed by atoms with Crippen molar-refractivity contribution in [1.29, 1.82) is 0 Å². The Morgan fingerprint density at radius 1 is 1.05 bits per heavy atom. The third kappa shape index (κ3) is 4.45. The summed E-state index contributed by atoms with van der Waals surface area (Å²) in [5, 5.41) is 12.9. The molecule has 3 saturated carbocycles. The van der Waals surface area contributed by atoms with Gasteiger partial charge in [-0.2, -0.15) is 0 Å². The van der Waals surface area contributed by atoms with Gasteiger partial charge < -0.3 is 10.4 Å². The molecule has 0 radical (unpaired) electrons. The number of carboxylic acids is 1. The molecule has 3 rings (SSSR count). The smallest absolute Gasteiger partial charge is 0.317 e. The summed E-state index contributed by atoms with van der Waals surface area (Å²) in [6, 6.07) is 1.84. The molecule has 4 nitrogen and oxygen atoms in total. The fourth-order valence-corrected chi connectivity index (χ4v) is 4.24. The SMILES string of the molecule is CCC1CCC(NC2CC(N(CC(=O)O)CC3CC3)C2)CC1. The summed E-state index contributed by atoms with van der Waals surface area (Å²) < 4.78 is 0. The second-order valence-corrected chi connectivity index (χ2v) is 7.88. The molecule has 2 N–H and O–H groups in total. The molecule has 0 spiro atoms. The van der Waals surface area contributed by atoms with Gasteiger partial charge in [0.1, 0.15) is 0 Å². The van der Waals surface area contributed by atoms with Crippen LogP contribution in [0.1, 0.15) is 64.7 Å². The molecule has 0 aromatic heterocycles. The van der Waals surface area contributed by atoms with Gasteiger partial charge in [-0.05, 0) is 63.2 Å². The van der Waals surface area contributed by atoms with E-state index in [4.69, 9.17) is 5.11 Å². The Kier molecular flexibility index (Phi) is 5.40. The molecule has 0 aromatic carbocycles. The molecular formula is C18H32N2O2. The summed E-state index contributed by atoms with van der Waals surface area (Å²) in [4.78, 5) is 13.3. The van der Waals surface area contributed by atoms with E-state index in [1.54, 1.807) is 0 Å². The van der Waals surface area contributed by atoms with E-state index in [1.165, 1.54) is 44.9 Å². The number of hydrogen-bond donors (Lipinski definition) is 2. The molecule has 0 heterocycles. The standard InChI is InChI=1S/C18H32N2O2/c1-2-13-5-7-15(8-6-13)19-16-9-17(10-16)20(12-18(21)22)11-14-3-4-14/h13-17,19H,2-12H2,1H3,(H,21,22). The van der Waals surface area contributed by atoms with E-state index in [0.717, 1.165) is 31.2 Å². The summed E-state index contributed by atoms with van der Waals surface area (Å²) in [5.74, 6) is 1.06. The van der Waals surface area contributed by atoms with Crippen molar-refractivity contribution in [2.24, 2.45) is 11.8 Å². The summed E-state index contributed by atoms with van der Waals surface area (Å²) in [7, 11) is 0. The molecule has 3 aliphatic rings. The van der Waals surface area contributed by atoms with E-state index in [-0.39, 0.29) is 6.54 Å². The lowest BCUT2D eigenvalue weighted by Gasteiger charge is -2.45. The average molecular weight is 308 g/mol. The third-order valence-electron chi connectivity index (χ3n) is 6.05. The van der Waals surface area contributed by atoms with E-state index in [9.17, 15) is 4.79 Å². The van der Waals surface area contributed by atoms with Gasteiger partial charge in [0, 0.05) is 24.7 Å². The van der Waals surface area contributed by atoms with Crippen molar-refractivity contribution >= 4 is 5.97 Å². The van der Waals surface area contributed by atoms with Crippen molar-refractivity contribution in [2.75, 3.05) is 13.1 Å². The molecule has 0 bridgehead atoms. The summed E-state index contributed by atoms with van der Waals surface area (Å²) >= 11 is 0. The van der Waals surface area contributed by atoms with E-state index >= 15 is 0 Å². The molecule has 0 amide bonds. The first kappa shape index (κ1) is 16.3. The summed E-state index contributed by atoms with van der Waals surface area (Å²) in [5.41, 5.74) is 0. The van der Waals surface area contributed by atoms with Crippen LogP contribution in [0.4, 0.5) is 0 Å². The van der Waals surface area contributed by atoms with Crippen molar-refractivity contribution in [3.63, 3.8) is 0 Å². The molecule has 4 heteroatoms. The Hall–Kier alpha value is -0.610. The lowest BCUT2D eigenvalue weighted by atomic mass is 9.81. The van der Waals surface area contributed by atoms with Gasteiger partial charge in [-0.15, -0.1) is 0 Å². The van der Waals surface area contributed by atoms with Gasteiger partial charge >= 0.3 is 5.97 Å². The third-order valence-corrected chi connectivity index (χ3v) is 6.05. The van der Waals surface area contributed by atoms with E-state index in [2.05, 4.69) is 17.1 Å². The zero-order chi connectivity index (χ0) is 15.5. The molecular weight excluding hydrogens is 276 g/mol. The zero-order valence-electron chi connectivity index (χ0n) is 14.0. The molecule has 3 aliphatic carbocycles. The molecule has 0 unspecified atom stereocenters. The second-order valence-electron chi connectivity index (χ2n) is 7.88. The summed E-state index contributed by atoms with van der Waals surface area (Å²) in [6.07, 6.45) is 11.7. The van der Waals surface area contributed by atoms with Crippen molar-refractivity contribution in [1.82, 2.24) is 10.2 Å². The van der Waals surface area contributed by atoms with Crippen LogP contribution >= 0.6 is 0 Å². The summed E-state index contributed by atoms with van der Waals surface area (Å²) in [6.45, 7) is 3.55. The molecule has 22 heavy (non-hydrogen) atoms. The van der Waals surface area contributed by atoms with Gasteiger partial charge in [0.05, 0.1) is 6.54 Å². The first-order valence-corrected chi connectivity index (χ1v) is 9.36. The molecule has 0 atom stereocenters. The van der Waals surface area contributed by atoms with Crippen LogP contribution in [0.3, 0.4) is 0 Å². The highest BCUT2D eigenvalue weighted by atomic mass is 16.4. The number of carbonyl (C=O) groups is 1. The second kappa shape index (κ2) is 7.31. The number of nitrogens with zero attached hydrogens (tertiary/aromatic N) is 1. The van der Waals surface area contributed by atoms with Gasteiger partial charge in [-0.1, -0.05) is 13.3 Å². The van der Waals surface area contributed by atoms with Crippen LogP contribution in [0, 0.1) is 11.8 Å². The lowest BCUT2D eigenvalue weighted by Crippen LogP contribution is -2.56. The lowest BCUT2D eigenvalue weighted by molar-refractivity contribution is -0.139. The largest absolute Gasteiger partial charge is 0.480 e. The fraction of sp³-hybridized carbons (Fsp3) is 0.944. The van der Waals surface area contributed by atoms with Crippen molar-refractivity contribution < 1.29 is 9.90 Å². The maximum absolute atomic E-state index is 11.1. The van der Waals surface area contributed by atoms with Gasteiger partial charge in [-0.25, -0.2) is 0 Å². The first-order chi connectivity index (χ1) is 10.6. The zero-order valence-corrected chi connectivity index (χ0v) is 14.0. The Morgan fingerprint density at radius 2 is 1.68 bits per heavy atom. The Morgan fingerprint density at radius 3 is 2.23 bits per heavy atom. The van der Waals surface area contributed by atoms with Crippen LogP contribution in [-0.2, 0) is 4.79 Å². The quantitative estimate of drug-likeness (QED) is 0.724. The van der Waals surface area contributed by atoms with E-state index < -0.39 is 5.97 Å². The van der Waals surface area contributed by atoms with E-state index in [0.29, 0.717) is 18.1 Å². The normalized spacial score (nSPS) is 35.4. The Bertz CT molecular complexity index is 369. The first-order valence-electron chi connectivity index (χ1n) is 9.36.